The lowest BCUT2D eigenvalue weighted by Gasteiger charge is -2.13. The van der Waals surface area contributed by atoms with Crippen LogP contribution in [0.3, 0.4) is 0 Å². The van der Waals surface area contributed by atoms with E-state index in [9.17, 15) is 4.79 Å². The fourth-order valence-electron chi connectivity index (χ4n) is 1.73. The zero-order valence-corrected chi connectivity index (χ0v) is 12.5. The summed E-state index contributed by atoms with van der Waals surface area (Å²) in [5.74, 6) is 1.33. The molecule has 5 nitrogen and oxygen atoms in total. The molecule has 0 aliphatic heterocycles. The lowest BCUT2D eigenvalue weighted by Crippen LogP contribution is -2.21. The van der Waals surface area contributed by atoms with Crippen LogP contribution in [0.4, 0.5) is 5.69 Å². The summed E-state index contributed by atoms with van der Waals surface area (Å²) in [4.78, 5) is 11.7. The van der Waals surface area contributed by atoms with E-state index in [1.807, 2.05) is 32.9 Å². The fourth-order valence-corrected chi connectivity index (χ4v) is 1.73. The van der Waals surface area contributed by atoms with Crippen molar-refractivity contribution in [2.45, 2.75) is 27.2 Å². The first kappa shape index (κ1) is 16.3. The molecule has 5 heteroatoms. The van der Waals surface area contributed by atoms with Gasteiger partial charge in [-0.3, -0.25) is 4.79 Å². The summed E-state index contributed by atoms with van der Waals surface area (Å²) in [6, 6.07) is 5.42. The number of carbonyl (C=O) groups excluding carboxylic acids is 1. The Morgan fingerprint density at radius 1 is 1.10 bits per heavy atom. The van der Waals surface area contributed by atoms with Crippen LogP contribution in [0.5, 0.6) is 11.5 Å². The van der Waals surface area contributed by atoms with Gasteiger partial charge in [-0.2, -0.15) is 0 Å². The second kappa shape index (κ2) is 9.20. The first-order valence-corrected chi connectivity index (χ1v) is 7.11. The number of hydrogen-bond donors (Lipinski definition) is 2. The van der Waals surface area contributed by atoms with E-state index in [4.69, 9.17) is 9.47 Å². The summed E-state index contributed by atoms with van der Waals surface area (Å²) in [7, 11) is 0. The van der Waals surface area contributed by atoms with Gasteiger partial charge in [-0.25, -0.2) is 0 Å². The normalized spacial score (nSPS) is 10.2. The van der Waals surface area contributed by atoms with Crippen LogP contribution in [0, 0.1) is 0 Å². The van der Waals surface area contributed by atoms with Crippen molar-refractivity contribution in [2.24, 2.45) is 0 Å². The molecule has 2 N–H and O–H groups in total. The Labute approximate surface area is 120 Å². The van der Waals surface area contributed by atoms with Crippen LogP contribution in [-0.2, 0) is 4.79 Å². The van der Waals surface area contributed by atoms with E-state index in [2.05, 4.69) is 10.6 Å². The van der Waals surface area contributed by atoms with E-state index < -0.39 is 0 Å². The van der Waals surface area contributed by atoms with Gasteiger partial charge < -0.3 is 20.1 Å². The quantitative estimate of drug-likeness (QED) is 0.682. The van der Waals surface area contributed by atoms with E-state index in [1.165, 1.54) is 0 Å². The van der Waals surface area contributed by atoms with Gasteiger partial charge in [0.05, 0.1) is 13.2 Å². The molecule has 0 atom stereocenters. The standard InChI is InChI=1S/C15H24N2O3/c1-4-16-10-9-15(18)17-12-7-8-13(19-5-2)14(11-12)20-6-3/h7-8,11,16H,4-6,9-10H2,1-3H3,(H,17,18). The molecule has 0 radical (unpaired) electrons. The van der Waals surface area contributed by atoms with Crippen LogP contribution in [0.2, 0.25) is 0 Å². The number of nitrogens with one attached hydrogen (secondary N) is 2. The van der Waals surface area contributed by atoms with E-state index in [-0.39, 0.29) is 5.91 Å². The molecule has 0 aliphatic rings. The van der Waals surface area contributed by atoms with Crippen LogP contribution in [-0.4, -0.2) is 32.2 Å². The molecule has 1 rings (SSSR count). The third kappa shape index (κ3) is 5.48. The maximum absolute atomic E-state index is 11.7. The highest BCUT2D eigenvalue weighted by Crippen LogP contribution is 2.30. The molecule has 0 fully saturated rings. The molecular weight excluding hydrogens is 256 g/mol. The maximum Gasteiger partial charge on any atom is 0.225 e. The Morgan fingerprint density at radius 2 is 1.80 bits per heavy atom. The molecule has 0 aromatic heterocycles. The number of anilines is 1. The van der Waals surface area contributed by atoms with Crippen LogP contribution in [0.25, 0.3) is 0 Å². The lowest BCUT2D eigenvalue weighted by atomic mass is 10.2. The van der Waals surface area contributed by atoms with Crippen molar-refractivity contribution in [1.29, 1.82) is 0 Å². The Hall–Kier alpha value is -1.75. The van der Waals surface area contributed by atoms with Gasteiger partial charge in [-0.1, -0.05) is 6.92 Å². The van der Waals surface area contributed by atoms with Crippen molar-refractivity contribution in [3.05, 3.63) is 18.2 Å². The van der Waals surface area contributed by atoms with E-state index in [0.717, 1.165) is 12.2 Å². The van der Waals surface area contributed by atoms with Crippen LogP contribution >= 0.6 is 0 Å². The minimum atomic E-state index is -0.0161. The maximum atomic E-state index is 11.7. The summed E-state index contributed by atoms with van der Waals surface area (Å²) in [6.07, 6.45) is 0.449. The number of benzene rings is 1. The molecule has 0 spiro atoms. The third-order valence-electron chi connectivity index (χ3n) is 2.61. The molecule has 0 heterocycles. The average Bonchev–Trinajstić information content (AvgIpc) is 2.42. The van der Waals surface area contributed by atoms with Crippen molar-refractivity contribution < 1.29 is 14.3 Å². The van der Waals surface area contributed by atoms with Gasteiger partial charge >= 0.3 is 0 Å². The zero-order chi connectivity index (χ0) is 14.8. The van der Waals surface area contributed by atoms with Crippen LogP contribution in [0.1, 0.15) is 27.2 Å². The average molecular weight is 280 g/mol. The SMILES string of the molecule is CCNCCC(=O)Nc1ccc(OCC)c(OCC)c1. The van der Waals surface area contributed by atoms with Crippen molar-refractivity contribution in [3.8, 4) is 11.5 Å². The fraction of sp³-hybridized carbons (Fsp3) is 0.533. The first-order chi connectivity index (χ1) is 9.71. The molecule has 0 unspecified atom stereocenters. The number of rotatable bonds is 9. The number of hydrogen-bond acceptors (Lipinski definition) is 4. The Balaban J connectivity index is 2.66. The minimum absolute atomic E-state index is 0.0161. The van der Waals surface area contributed by atoms with Gasteiger partial charge in [0.1, 0.15) is 0 Å². The third-order valence-corrected chi connectivity index (χ3v) is 2.61. The largest absolute Gasteiger partial charge is 0.490 e. The molecule has 1 aromatic rings. The summed E-state index contributed by atoms with van der Waals surface area (Å²) in [5, 5.41) is 5.97. The second-order valence-corrected chi connectivity index (χ2v) is 4.18. The van der Waals surface area contributed by atoms with Gasteiger partial charge in [0.25, 0.3) is 0 Å². The van der Waals surface area contributed by atoms with Gasteiger partial charge in [0, 0.05) is 24.7 Å². The molecule has 0 saturated heterocycles. The smallest absolute Gasteiger partial charge is 0.225 e. The highest BCUT2D eigenvalue weighted by atomic mass is 16.5. The van der Waals surface area contributed by atoms with Crippen LogP contribution in [0.15, 0.2) is 18.2 Å². The zero-order valence-electron chi connectivity index (χ0n) is 12.5. The summed E-state index contributed by atoms with van der Waals surface area (Å²) in [5.41, 5.74) is 0.721. The molecule has 1 aromatic carbocycles. The van der Waals surface area contributed by atoms with Crippen molar-refractivity contribution >= 4 is 11.6 Å². The van der Waals surface area contributed by atoms with Gasteiger partial charge in [0.15, 0.2) is 11.5 Å². The number of carbonyl (C=O) groups is 1. The van der Waals surface area contributed by atoms with Crippen LogP contribution < -0.4 is 20.1 Å². The van der Waals surface area contributed by atoms with Gasteiger partial charge in [-0.05, 0) is 32.5 Å². The van der Waals surface area contributed by atoms with E-state index in [1.54, 1.807) is 6.07 Å². The highest BCUT2D eigenvalue weighted by Gasteiger charge is 2.08. The first-order valence-electron chi connectivity index (χ1n) is 7.11. The van der Waals surface area contributed by atoms with E-state index in [0.29, 0.717) is 37.7 Å². The van der Waals surface area contributed by atoms with Crippen molar-refractivity contribution in [3.63, 3.8) is 0 Å². The van der Waals surface area contributed by atoms with Gasteiger partial charge in [-0.15, -0.1) is 0 Å². The summed E-state index contributed by atoms with van der Waals surface area (Å²) in [6.45, 7) is 8.52. The molecule has 20 heavy (non-hydrogen) atoms. The number of amides is 1. The highest BCUT2D eigenvalue weighted by molar-refractivity contribution is 5.91. The topological polar surface area (TPSA) is 59.6 Å². The van der Waals surface area contributed by atoms with Gasteiger partial charge in [0.2, 0.25) is 5.91 Å². The summed E-state index contributed by atoms with van der Waals surface area (Å²) >= 11 is 0. The monoisotopic (exact) mass is 280 g/mol. The second-order valence-electron chi connectivity index (χ2n) is 4.18. The Morgan fingerprint density at radius 3 is 2.45 bits per heavy atom. The molecular formula is C15H24N2O3. The van der Waals surface area contributed by atoms with Crippen molar-refractivity contribution in [2.75, 3.05) is 31.6 Å². The Kier molecular flexibility index (Phi) is 7.50. The molecule has 112 valence electrons. The summed E-state index contributed by atoms with van der Waals surface area (Å²) < 4.78 is 11.0. The predicted octanol–water partition coefficient (Wildman–Crippen LogP) is 2.42. The van der Waals surface area contributed by atoms with Crippen molar-refractivity contribution in [1.82, 2.24) is 5.32 Å². The number of ether oxygens (including phenoxy) is 2. The Bertz CT molecular complexity index is 422. The molecule has 1 amide bonds. The molecule has 0 saturated carbocycles. The predicted molar refractivity (Wildman–Crippen MR) is 80.6 cm³/mol. The lowest BCUT2D eigenvalue weighted by molar-refractivity contribution is -0.116. The van der Waals surface area contributed by atoms with E-state index >= 15 is 0 Å². The minimum Gasteiger partial charge on any atom is -0.490 e. The molecule has 0 bridgehead atoms. The molecule has 0 aliphatic carbocycles.